The lowest BCUT2D eigenvalue weighted by atomic mass is 10.2. The molecule has 0 aliphatic rings. The van der Waals surface area contributed by atoms with Crippen molar-refractivity contribution in [3.05, 3.63) is 46.7 Å². The Bertz CT molecular complexity index is 532. The van der Waals surface area contributed by atoms with E-state index in [0.717, 1.165) is 16.4 Å². The van der Waals surface area contributed by atoms with Crippen LogP contribution in [0.2, 0.25) is 5.02 Å². The van der Waals surface area contributed by atoms with Gasteiger partial charge in [0.25, 0.3) is 0 Å². The standard InChI is InChI=1S/C14H18ClN3/c1-10(2)18-7-6-13(17-18)9-16-14-8-12(15)5-4-11(14)3/h4-8,10,16H,9H2,1-3H3. The second-order valence-electron chi connectivity index (χ2n) is 4.69. The highest BCUT2D eigenvalue weighted by Gasteiger charge is 2.03. The van der Waals surface area contributed by atoms with Crippen molar-refractivity contribution in [2.75, 3.05) is 5.32 Å². The topological polar surface area (TPSA) is 29.9 Å². The molecule has 1 N–H and O–H groups in total. The summed E-state index contributed by atoms with van der Waals surface area (Å²) in [5, 5.41) is 8.61. The Balaban J connectivity index is 2.04. The number of benzene rings is 1. The Labute approximate surface area is 113 Å². The third-order valence-corrected chi connectivity index (χ3v) is 3.09. The zero-order valence-electron chi connectivity index (χ0n) is 10.9. The lowest BCUT2D eigenvalue weighted by Gasteiger charge is -2.09. The molecule has 0 atom stereocenters. The summed E-state index contributed by atoms with van der Waals surface area (Å²) in [6, 6.07) is 8.28. The van der Waals surface area contributed by atoms with Crippen LogP contribution in [0.4, 0.5) is 5.69 Å². The van der Waals surface area contributed by atoms with Crippen molar-refractivity contribution in [3.63, 3.8) is 0 Å². The summed E-state index contributed by atoms with van der Waals surface area (Å²) in [4.78, 5) is 0. The number of halogens is 1. The molecule has 0 saturated heterocycles. The van der Waals surface area contributed by atoms with E-state index in [1.54, 1.807) is 0 Å². The van der Waals surface area contributed by atoms with E-state index in [2.05, 4.69) is 31.2 Å². The van der Waals surface area contributed by atoms with Gasteiger partial charge in [-0.25, -0.2) is 0 Å². The van der Waals surface area contributed by atoms with Crippen molar-refractivity contribution in [3.8, 4) is 0 Å². The Hall–Kier alpha value is -1.48. The molecular weight excluding hydrogens is 246 g/mol. The predicted molar refractivity (Wildman–Crippen MR) is 76.1 cm³/mol. The first-order valence-electron chi connectivity index (χ1n) is 6.10. The van der Waals surface area contributed by atoms with Gasteiger partial charge in [0.15, 0.2) is 0 Å². The number of aromatic nitrogens is 2. The highest BCUT2D eigenvalue weighted by Crippen LogP contribution is 2.20. The van der Waals surface area contributed by atoms with Gasteiger partial charge in [0, 0.05) is 22.9 Å². The molecule has 2 rings (SSSR count). The molecule has 3 nitrogen and oxygen atoms in total. The van der Waals surface area contributed by atoms with Crippen molar-refractivity contribution in [1.29, 1.82) is 0 Å². The second-order valence-corrected chi connectivity index (χ2v) is 5.13. The van der Waals surface area contributed by atoms with Crippen LogP contribution in [0.15, 0.2) is 30.5 Å². The van der Waals surface area contributed by atoms with Gasteiger partial charge in [0.05, 0.1) is 12.2 Å². The first-order valence-corrected chi connectivity index (χ1v) is 6.48. The van der Waals surface area contributed by atoms with Gasteiger partial charge >= 0.3 is 0 Å². The molecule has 2 aromatic rings. The Morgan fingerprint density at radius 3 is 2.78 bits per heavy atom. The minimum atomic E-state index is 0.395. The van der Waals surface area contributed by atoms with Crippen LogP contribution in [-0.4, -0.2) is 9.78 Å². The Kier molecular flexibility index (Phi) is 3.92. The first kappa shape index (κ1) is 13.0. The molecule has 1 aromatic carbocycles. The smallest absolute Gasteiger partial charge is 0.0815 e. The number of nitrogens with zero attached hydrogens (tertiary/aromatic N) is 2. The van der Waals surface area contributed by atoms with Gasteiger partial charge in [-0.05, 0) is 44.5 Å². The van der Waals surface area contributed by atoms with Crippen LogP contribution >= 0.6 is 11.6 Å². The SMILES string of the molecule is Cc1ccc(Cl)cc1NCc1ccn(C(C)C)n1. The molecule has 0 saturated carbocycles. The van der Waals surface area contributed by atoms with Crippen molar-refractivity contribution >= 4 is 17.3 Å². The number of nitrogens with one attached hydrogen (secondary N) is 1. The molecular formula is C14H18ClN3. The van der Waals surface area contributed by atoms with E-state index < -0.39 is 0 Å². The molecule has 18 heavy (non-hydrogen) atoms. The maximum absolute atomic E-state index is 5.98. The van der Waals surface area contributed by atoms with Gasteiger partial charge in [-0.3, -0.25) is 4.68 Å². The molecule has 0 bridgehead atoms. The number of aryl methyl sites for hydroxylation is 1. The van der Waals surface area contributed by atoms with Crippen LogP contribution in [0.5, 0.6) is 0 Å². The summed E-state index contributed by atoms with van der Waals surface area (Å²) >= 11 is 5.98. The van der Waals surface area contributed by atoms with Gasteiger partial charge in [0.1, 0.15) is 0 Å². The van der Waals surface area contributed by atoms with E-state index >= 15 is 0 Å². The van der Waals surface area contributed by atoms with E-state index in [4.69, 9.17) is 11.6 Å². The van der Waals surface area contributed by atoms with Crippen LogP contribution in [0.3, 0.4) is 0 Å². The van der Waals surface area contributed by atoms with Gasteiger partial charge in [-0.2, -0.15) is 5.10 Å². The monoisotopic (exact) mass is 263 g/mol. The third kappa shape index (κ3) is 3.05. The van der Waals surface area contributed by atoms with Crippen LogP contribution in [-0.2, 0) is 6.54 Å². The molecule has 96 valence electrons. The average Bonchev–Trinajstić information content (AvgIpc) is 2.79. The van der Waals surface area contributed by atoms with E-state index in [0.29, 0.717) is 12.6 Å². The summed E-state index contributed by atoms with van der Waals surface area (Å²) in [6.07, 6.45) is 2.01. The predicted octanol–water partition coefficient (Wildman–Crippen LogP) is 4.04. The van der Waals surface area contributed by atoms with E-state index in [9.17, 15) is 0 Å². The normalized spacial score (nSPS) is 10.9. The largest absolute Gasteiger partial charge is 0.379 e. The quantitative estimate of drug-likeness (QED) is 0.902. The highest BCUT2D eigenvalue weighted by atomic mass is 35.5. The molecule has 0 aliphatic heterocycles. The van der Waals surface area contributed by atoms with Gasteiger partial charge < -0.3 is 5.32 Å². The van der Waals surface area contributed by atoms with Crippen molar-refractivity contribution in [2.45, 2.75) is 33.4 Å². The molecule has 1 aromatic heterocycles. The minimum absolute atomic E-state index is 0.395. The fourth-order valence-corrected chi connectivity index (χ4v) is 1.90. The van der Waals surface area contributed by atoms with Crippen LogP contribution in [0.25, 0.3) is 0 Å². The summed E-state index contributed by atoms with van der Waals surface area (Å²) in [7, 11) is 0. The molecule has 0 fully saturated rings. The second kappa shape index (κ2) is 5.44. The molecule has 4 heteroatoms. The van der Waals surface area contributed by atoms with Crippen LogP contribution in [0, 0.1) is 6.92 Å². The molecule has 1 heterocycles. The molecule has 0 spiro atoms. The fraction of sp³-hybridized carbons (Fsp3) is 0.357. The maximum Gasteiger partial charge on any atom is 0.0815 e. The number of hydrogen-bond acceptors (Lipinski definition) is 2. The van der Waals surface area contributed by atoms with Crippen LogP contribution in [0.1, 0.15) is 31.1 Å². The van der Waals surface area contributed by atoms with Gasteiger partial charge in [-0.15, -0.1) is 0 Å². The zero-order valence-corrected chi connectivity index (χ0v) is 11.7. The summed E-state index contributed by atoms with van der Waals surface area (Å²) < 4.78 is 1.96. The average molecular weight is 264 g/mol. The van der Waals surface area contributed by atoms with E-state index in [-0.39, 0.29) is 0 Å². The van der Waals surface area contributed by atoms with Crippen molar-refractivity contribution in [1.82, 2.24) is 9.78 Å². The van der Waals surface area contributed by atoms with E-state index in [1.807, 2.05) is 35.1 Å². The third-order valence-electron chi connectivity index (χ3n) is 2.85. The lowest BCUT2D eigenvalue weighted by molar-refractivity contribution is 0.527. The summed E-state index contributed by atoms with van der Waals surface area (Å²) in [5.41, 5.74) is 3.27. The molecule has 0 radical (unpaired) electrons. The minimum Gasteiger partial charge on any atom is -0.379 e. The number of rotatable bonds is 4. The number of hydrogen-bond donors (Lipinski definition) is 1. The first-order chi connectivity index (χ1) is 8.56. The maximum atomic E-state index is 5.98. The Morgan fingerprint density at radius 2 is 2.11 bits per heavy atom. The zero-order chi connectivity index (χ0) is 13.1. The summed E-state index contributed by atoms with van der Waals surface area (Å²) in [5.74, 6) is 0. The van der Waals surface area contributed by atoms with Crippen molar-refractivity contribution in [2.24, 2.45) is 0 Å². The lowest BCUT2D eigenvalue weighted by Crippen LogP contribution is -2.05. The summed E-state index contributed by atoms with van der Waals surface area (Å²) in [6.45, 7) is 7.00. The van der Waals surface area contributed by atoms with Gasteiger partial charge in [0.2, 0.25) is 0 Å². The Morgan fingerprint density at radius 1 is 1.33 bits per heavy atom. The van der Waals surface area contributed by atoms with E-state index in [1.165, 1.54) is 5.56 Å². The number of anilines is 1. The molecule has 0 amide bonds. The highest BCUT2D eigenvalue weighted by molar-refractivity contribution is 6.30. The van der Waals surface area contributed by atoms with Crippen LogP contribution < -0.4 is 5.32 Å². The van der Waals surface area contributed by atoms with Crippen molar-refractivity contribution < 1.29 is 0 Å². The molecule has 0 aliphatic carbocycles. The fourth-order valence-electron chi connectivity index (χ4n) is 1.73. The van der Waals surface area contributed by atoms with Gasteiger partial charge in [-0.1, -0.05) is 17.7 Å². The molecule has 0 unspecified atom stereocenters.